The number of hydrogen-bond donors (Lipinski definition) is 0. The molecule has 2 aromatic rings. The van der Waals surface area contributed by atoms with E-state index in [2.05, 4.69) is 41.5 Å². The van der Waals surface area contributed by atoms with E-state index in [1.807, 2.05) is 36.4 Å². The van der Waals surface area contributed by atoms with Crippen molar-refractivity contribution in [2.24, 2.45) is 0 Å². The first-order valence-electron chi connectivity index (χ1n) is 10.2. The fourth-order valence-corrected chi connectivity index (χ4v) is 4.33. The van der Waals surface area contributed by atoms with Gasteiger partial charge in [-0.05, 0) is 45.3 Å². The predicted octanol–water partition coefficient (Wildman–Crippen LogP) is 4.81. The Kier molecular flexibility index (Phi) is 5.33. The van der Waals surface area contributed by atoms with Crippen LogP contribution in [-0.2, 0) is 11.3 Å². The summed E-state index contributed by atoms with van der Waals surface area (Å²) in [5.74, 6) is 1.89. The van der Waals surface area contributed by atoms with E-state index in [9.17, 15) is 0 Å². The van der Waals surface area contributed by atoms with Crippen LogP contribution in [0.1, 0.15) is 45.4 Å². The summed E-state index contributed by atoms with van der Waals surface area (Å²) in [6, 6.07) is 8.72. The van der Waals surface area contributed by atoms with Crippen molar-refractivity contribution in [1.82, 2.24) is 4.90 Å². The molecule has 1 saturated carbocycles. The van der Waals surface area contributed by atoms with Gasteiger partial charge in [0.05, 0.1) is 12.1 Å². The summed E-state index contributed by atoms with van der Waals surface area (Å²) in [6.45, 7) is 6.23. The number of oxazole rings is 1. The van der Waals surface area contributed by atoms with Crippen molar-refractivity contribution in [2.75, 3.05) is 6.54 Å². The lowest BCUT2D eigenvalue weighted by Crippen LogP contribution is -2.36. The molecule has 2 aliphatic rings. The minimum atomic E-state index is 0.382. The molecule has 4 heteroatoms. The van der Waals surface area contributed by atoms with Gasteiger partial charge in [0, 0.05) is 12.6 Å². The van der Waals surface area contributed by atoms with Crippen LogP contribution in [0.2, 0.25) is 0 Å². The zero-order valence-corrected chi connectivity index (χ0v) is 16.3. The van der Waals surface area contributed by atoms with Gasteiger partial charge in [-0.2, -0.15) is 4.57 Å². The number of aromatic nitrogens is 1. The molecule has 1 aromatic carbocycles. The number of allylic oxidation sites excluding steroid dienone is 4. The number of fused-ring (bicyclic) bond motifs is 2. The second-order valence-corrected chi connectivity index (χ2v) is 7.20. The Morgan fingerprint density at radius 1 is 1.11 bits per heavy atom. The maximum Gasteiger partial charge on any atom is 0.374 e. The molecule has 4 rings (SSSR count). The molecule has 142 valence electrons. The molecule has 0 amide bonds. The van der Waals surface area contributed by atoms with Crippen molar-refractivity contribution in [3.8, 4) is 0 Å². The molecule has 0 N–H and O–H groups in total. The molecule has 0 radical (unpaired) electrons. The van der Waals surface area contributed by atoms with E-state index in [-0.39, 0.29) is 0 Å². The van der Waals surface area contributed by atoms with Crippen molar-refractivity contribution >= 4 is 17.2 Å². The number of ether oxygens (including phenoxy) is 1. The van der Waals surface area contributed by atoms with Gasteiger partial charge >= 0.3 is 5.89 Å². The molecule has 1 saturated heterocycles. The van der Waals surface area contributed by atoms with Crippen molar-refractivity contribution in [1.29, 1.82) is 0 Å². The SMILES string of the molecule is CCN1/C(=C/C=C/C=C/c2oc3ccccc3[n+]2CC)OC2CCCCC21. The van der Waals surface area contributed by atoms with Crippen LogP contribution >= 0.6 is 0 Å². The first-order chi connectivity index (χ1) is 13.3. The van der Waals surface area contributed by atoms with Crippen LogP contribution in [-0.4, -0.2) is 23.6 Å². The highest BCUT2D eigenvalue weighted by Gasteiger charge is 2.38. The fraction of sp³-hybridized carbons (Fsp3) is 0.435. The topological polar surface area (TPSA) is 29.5 Å². The lowest BCUT2D eigenvalue weighted by atomic mass is 9.92. The number of para-hydroxylation sites is 2. The summed E-state index contributed by atoms with van der Waals surface area (Å²) in [4.78, 5) is 2.42. The van der Waals surface area contributed by atoms with Crippen LogP contribution in [0.4, 0.5) is 0 Å². The molecule has 0 spiro atoms. The Balaban J connectivity index is 1.47. The second-order valence-electron chi connectivity index (χ2n) is 7.20. The van der Waals surface area contributed by atoms with Crippen LogP contribution in [0.3, 0.4) is 0 Å². The largest absolute Gasteiger partial charge is 0.474 e. The van der Waals surface area contributed by atoms with E-state index < -0.39 is 0 Å². The number of rotatable bonds is 5. The summed E-state index contributed by atoms with van der Waals surface area (Å²) >= 11 is 0. The maximum absolute atomic E-state index is 6.20. The van der Waals surface area contributed by atoms with Gasteiger partial charge in [-0.25, -0.2) is 0 Å². The van der Waals surface area contributed by atoms with Crippen LogP contribution in [0.15, 0.2) is 58.9 Å². The lowest BCUT2D eigenvalue weighted by molar-refractivity contribution is -0.674. The molecule has 1 aromatic heterocycles. The summed E-state index contributed by atoms with van der Waals surface area (Å²) in [7, 11) is 0. The standard InChI is InChI=1S/C23H29N2O2/c1-3-24-18-12-8-10-14-20(18)26-22(24)16-6-5-7-17-23-25(4-2)19-13-9-11-15-21(19)27-23/h5-8,10,12,14,16-17,19,21H,3-4,9,11,13,15H2,1-2H3/q+1. The molecule has 2 fully saturated rings. The third-order valence-corrected chi connectivity index (χ3v) is 5.62. The minimum absolute atomic E-state index is 0.382. The van der Waals surface area contributed by atoms with Crippen LogP contribution < -0.4 is 4.57 Å². The van der Waals surface area contributed by atoms with E-state index in [0.717, 1.165) is 36.0 Å². The molecule has 2 atom stereocenters. The summed E-state index contributed by atoms with van der Waals surface area (Å²) < 4.78 is 14.3. The maximum atomic E-state index is 6.20. The Morgan fingerprint density at radius 3 is 2.81 bits per heavy atom. The average molecular weight is 365 g/mol. The third-order valence-electron chi connectivity index (χ3n) is 5.62. The second kappa shape index (κ2) is 8.03. The molecule has 2 heterocycles. The monoisotopic (exact) mass is 365 g/mol. The lowest BCUT2D eigenvalue weighted by Gasteiger charge is -2.28. The highest BCUT2D eigenvalue weighted by Crippen LogP contribution is 2.35. The van der Waals surface area contributed by atoms with Crippen LogP contribution in [0.25, 0.3) is 17.2 Å². The van der Waals surface area contributed by atoms with Crippen molar-refractivity contribution in [3.05, 3.63) is 60.3 Å². The molecule has 27 heavy (non-hydrogen) atoms. The molecule has 2 unspecified atom stereocenters. The molecular weight excluding hydrogens is 336 g/mol. The zero-order valence-electron chi connectivity index (χ0n) is 16.3. The van der Waals surface area contributed by atoms with E-state index in [1.165, 1.54) is 25.7 Å². The quantitative estimate of drug-likeness (QED) is 0.562. The third kappa shape index (κ3) is 3.53. The highest BCUT2D eigenvalue weighted by molar-refractivity contribution is 5.69. The van der Waals surface area contributed by atoms with E-state index in [1.54, 1.807) is 0 Å². The van der Waals surface area contributed by atoms with Gasteiger partial charge in [-0.1, -0.05) is 36.8 Å². The fourth-order valence-electron chi connectivity index (χ4n) is 4.33. The van der Waals surface area contributed by atoms with E-state index in [4.69, 9.17) is 9.15 Å². The summed E-state index contributed by atoms with van der Waals surface area (Å²) in [5.41, 5.74) is 2.05. The molecule has 1 aliphatic carbocycles. The van der Waals surface area contributed by atoms with Crippen molar-refractivity contribution in [2.45, 2.75) is 58.2 Å². The average Bonchev–Trinajstić information content (AvgIpc) is 3.24. The van der Waals surface area contributed by atoms with E-state index >= 15 is 0 Å². The Hall–Kier alpha value is -2.49. The van der Waals surface area contributed by atoms with Gasteiger partial charge in [0.25, 0.3) is 5.52 Å². The number of aryl methyl sites for hydroxylation is 1. The predicted molar refractivity (Wildman–Crippen MR) is 108 cm³/mol. The molecule has 1 aliphatic heterocycles. The first kappa shape index (κ1) is 17.9. The van der Waals surface area contributed by atoms with Crippen LogP contribution in [0.5, 0.6) is 0 Å². The molecule has 0 bridgehead atoms. The summed E-state index contributed by atoms with van der Waals surface area (Å²) in [5, 5.41) is 0. The highest BCUT2D eigenvalue weighted by atomic mass is 16.5. The molecule has 4 nitrogen and oxygen atoms in total. The van der Waals surface area contributed by atoms with Gasteiger partial charge in [-0.3, -0.25) is 0 Å². The summed E-state index contributed by atoms with van der Waals surface area (Å²) in [6.07, 6.45) is 15.7. The first-order valence-corrected chi connectivity index (χ1v) is 10.2. The van der Waals surface area contributed by atoms with Gasteiger partial charge in [0.1, 0.15) is 12.6 Å². The van der Waals surface area contributed by atoms with Gasteiger partial charge in [-0.15, -0.1) is 0 Å². The Bertz CT molecular complexity index is 878. The smallest absolute Gasteiger partial charge is 0.374 e. The number of nitrogens with zero attached hydrogens (tertiary/aromatic N) is 2. The Morgan fingerprint density at radius 2 is 1.96 bits per heavy atom. The minimum Gasteiger partial charge on any atom is -0.474 e. The molecular formula is C23H29N2O2+. The van der Waals surface area contributed by atoms with Crippen molar-refractivity contribution in [3.63, 3.8) is 0 Å². The zero-order chi connectivity index (χ0) is 18.6. The number of likely N-dealkylation sites (N-methyl/N-ethyl adjacent to an activating group) is 1. The normalized spacial score (nSPS) is 24.4. The van der Waals surface area contributed by atoms with Gasteiger partial charge < -0.3 is 14.1 Å². The number of benzene rings is 1. The van der Waals surface area contributed by atoms with E-state index in [0.29, 0.717) is 12.1 Å². The Labute approximate surface area is 161 Å². The number of hydrogen-bond acceptors (Lipinski definition) is 3. The van der Waals surface area contributed by atoms with Gasteiger partial charge in [0.2, 0.25) is 5.58 Å². The van der Waals surface area contributed by atoms with Crippen LogP contribution in [0, 0.1) is 0 Å². The van der Waals surface area contributed by atoms with Gasteiger partial charge in [0.15, 0.2) is 5.88 Å². The van der Waals surface area contributed by atoms with Crippen molar-refractivity contribution < 1.29 is 13.7 Å².